The highest BCUT2D eigenvalue weighted by Crippen LogP contribution is 2.49. The molecule has 4 nitrogen and oxygen atoms in total. The topological polar surface area (TPSA) is 32.3 Å². The molecule has 0 radical (unpaired) electrons. The average Bonchev–Trinajstić information content (AvgIpc) is 3.42. The molecule has 0 atom stereocenters. The lowest BCUT2D eigenvalue weighted by Gasteiger charge is -2.30. The molecule has 320 valence electrons. The standard InChI is InChI=1S/C64H44N4/c1-5-21-45(22-6-1)47-37-49(61-33-17-19-35-65-61)41-53(39-47)67(51-25-9-3-10-26-51)63-43-59-56-30-14-16-32-58(56)64(44-60(59)55-29-13-15-31-57(55)63)68(52-27-11-4-12-28-52)54-40-48(46-23-7-2-8-24-46)38-50(42-54)62-34-18-20-36-66-62/h1-44H. The van der Waals surface area contributed by atoms with Gasteiger partial charge in [0.15, 0.2) is 0 Å². The van der Waals surface area contributed by atoms with Gasteiger partial charge < -0.3 is 9.80 Å². The minimum absolute atomic E-state index is 0.922. The largest absolute Gasteiger partial charge is 0.310 e. The van der Waals surface area contributed by atoms with Crippen molar-refractivity contribution in [2.45, 2.75) is 0 Å². The van der Waals surface area contributed by atoms with Gasteiger partial charge in [0.05, 0.1) is 22.8 Å². The summed E-state index contributed by atoms with van der Waals surface area (Å²) in [5.74, 6) is 0. The zero-order valence-corrected chi connectivity index (χ0v) is 37.2. The molecule has 2 aromatic heterocycles. The SMILES string of the molecule is c1ccc(-c2cc(-c3ccccn3)cc(N(c3ccccc3)c3cc4c5ccccc5c(N(c5ccccc5)c5cc(-c6ccccc6)cc(-c6ccccn6)c5)cc4c4ccccc34)c2)cc1. The average molecular weight is 869 g/mol. The van der Waals surface area contributed by atoms with E-state index < -0.39 is 0 Å². The van der Waals surface area contributed by atoms with E-state index in [-0.39, 0.29) is 0 Å². The minimum Gasteiger partial charge on any atom is -0.310 e. The fraction of sp³-hybridized carbons (Fsp3) is 0. The van der Waals surface area contributed by atoms with Gasteiger partial charge in [0.25, 0.3) is 0 Å². The Balaban J connectivity index is 1.13. The molecule has 4 heteroatoms. The maximum Gasteiger partial charge on any atom is 0.0702 e. The van der Waals surface area contributed by atoms with Gasteiger partial charge in [0, 0.05) is 57.0 Å². The van der Waals surface area contributed by atoms with Gasteiger partial charge >= 0.3 is 0 Å². The fourth-order valence-electron chi connectivity index (χ4n) is 9.73. The van der Waals surface area contributed by atoms with Crippen molar-refractivity contribution in [3.63, 3.8) is 0 Å². The van der Waals surface area contributed by atoms with Crippen molar-refractivity contribution in [1.29, 1.82) is 0 Å². The number of benzene rings is 10. The number of anilines is 6. The monoisotopic (exact) mass is 868 g/mol. The molecule has 0 unspecified atom stereocenters. The van der Waals surface area contributed by atoms with Crippen LogP contribution in [0.2, 0.25) is 0 Å². The van der Waals surface area contributed by atoms with Gasteiger partial charge in [-0.05, 0) is 141 Å². The Kier molecular flexibility index (Phi) is 10.5. The van der Waals surface area contributed by atoms with E-state index in [1.807, 2.05) is 24.5 Å². The second-order valence-electron chi connectivity index (χ2n) is 17.0. The van der Waals surface area contributed by atoms with Crippen molar-refractivity contribution < 1.29 is 0 Å². The zero-order valence-electron chi connectivity index (χ0n) is 37.2. The summed E-state index contributed by atoms with van der Waals surface area (Å²) in [5.41, 5.74) is 14.9. The fourth-order valence-corrected chi connectivity index (χ4v) is 9.73. The smallest absolute Gasteiger partial charge is 0.0702 e. The van der Waals surface area contributed by atoms with Crippen molar-refractivity contribution in [3.8, 4) is 44.8 Å². The van der Waals surface area contributed by atoms with Crippen LogP contribution in [0.4, 0.5) is 34.1 Å². The van der Waals surface area contributed by atoms with Gasteiger partial charge in [-0.3, -0.25) is 9.97 Å². The summed E-state index contributed by atoms with van der Waals surface area (Å²) in [6.45, 7) is 0. The number of rotatable bonds is 10. The third kappa shape index (κ3) is 7.60. The quantitative estimate of drug-likeness (QED) is 0.128. The van der Waals surface area contributed by atoms with E-state index in [0.717, 1.165) is 100 Å². The molecule has 0 bridgehead atoms. The van der Waals surface area contributed by atoms with Crippen LogP contribution in [0.25, 0.3) is 77.1 Å². The second-order valence-corrected chi connectivity index (χ2v) is 17.0. The van der Waals surface area contributed by atoms with E-state index >= 15 is 0 Å². The van der Waals surface area contributed by atoms with Crippen molar-refractivity contribution >= 4 is 66.4 Å². The molecule has 0 saturated carbocycles. The van der Waals surface area contributed by atoms with Crippen molar-refractivity contribution in [2.75, 3.05) is 9.80 Å². The number of hydrogen-bond donors (Lipinski definition) is 0. The molecule has 2 heterocycles. The molecule has 12 aromatic rings. The van der Waals surface area contributed by atoms with Crippen LogP contribution in [0, 0.1) is 0 Å². The Bertz CT molecular complexity index is 3350. The molecule has 0 aliphatic rings. The van der Waals surface area contributed by atoms with Gasteiger partial charge in [-0.2, -0.15) is 0 Å². The van der Waals surface area contributed by atoms with Crippen molar-refractivity contribution in [2.24, 2.45) is 0 Å². The number of hydrogen-bond acceptors (Lipinski definition) is 4. The molecule has 0 spiro atoms. The van der Waals surface area contributed by atoms with Gasteiger partial charge in [0.2, 0.25) is 0 Å². The van der Waals surface area contributed by atoms with Crippen LogP contribution in [0.3, 0.4) is 0 Å². The minimum atomic E-state index is 0.922. The Hall–Kier alpha value is -9.12. The first-order valence-corrected chi connectivity index (χ1v) is 23.0. The third-order valence-corrected chi connectivity index (χ3v) is 12.8. The molecule has 0 fully saturated rings. The zero-order chi connectivity index (χ0) is 45.2. The molecule has 12 rings (SSSR count). The Morgan fingerprint density at radius 3 is 0.941 bits per heavy atom. The molecule has 68 heavy (non-hydrogen) atoms. The van der Waals surface area contributed by atoms with Crippen LogP contribution >= 0.6 is 0 Å². The number of aromatic nitrogens is 2. The molecule has 0 N–H and O–H groups in total. The highest BCUT2D eigenvalue weighted by atomic mass is 15.2. The highest BCUT2D eigenvalue weighted by molar-refractivity contribution is 6.24. The molecule has 0 saturated heterocycles. The second kappa shape index (κ2) is 17.7. The molecule has 10 aromatic carbocycles. The van der Waals surface area contributed by atoms with Crippen LogP contribution in [0.1, 0.15) is 0 Å². The van der Waals surface area contributed by atoms with Crippen molar-refractivity contribution in [1.82, 2.24) is 9.97 Å². The first-order valence-electron chi connectivity index (χ1n) is 23.0. The lowest BCUT2D eigenvalue weighted by atomic mass is 9.92. The lowest BCUT2D eigenvalue weighted by molar-refractivity contribution is 1.28. The predicted molar refractivity (Wildman–Crippen MR) is 286 cm³/mol. The molecule has 0 aliphatic heterocycles. The lowest BCUT2D eigenvalue weighted by Crippen LogP contribution is -2.12. The van der Waals surface area contributed by atoms with Gasteiger partial charge in [-0.25, -0.2) is 0 Å². The number of nitrogens with zero attached hydrogens (tertiary/aromatic N) is 4. The van der Waals surface area contributed by atoms with Crippen LogP contribution in [0.15, 0.2) is 267 Å². The Morgan fingerprint density at radius 2 is 0.559 bits per heavy atom. The maximum absolute atomic E-state index is 4.84. The van der Waals surface area contributed by atoms with Gasteiger partial charge in [-0.1, -0.05) is 158 Å². The van der Waals surface area contributed by atoms with E-state index in [1.54, 1.807) is 0 Å². The van der Waals surface area contributed by atoms with Crippen LogP contribution in [-0.4, -0.2) is 9.97 Å². The first-order chi connectivity index (χ1) is 33.7. The third-order valence-electron chi connectivity index (χ3n) is 12.8. The summed E-state index contributed by atoms with van der Waals surface area (Å²) in [4.78, 5) is 14.5. The summed E-state index contributed by atoms with van der Waals surface area (Å²) in [6.07, 6.45) is 3.74. The van der Waals surface area contributed by atoms with E-state index in [1.165, 1.54) is 10.8 Å². The van der Waals surface area contributed by atoms with Crippen LogP contribution in [-0.2, 0) is 0 Å². The number of pyridine rings is 2. The summed E-state index contributed by atoms with van der Waals surface area (Å²) < 4.78 is 0. The summed E-state index contributed by atoms with van der Waals surface area (Å²) in [7, 11) is 0. The normalized spacial score (nSPS) is 11.2. The van der Waals surface area contributed by atoms with Crippen molar-refractivity contribution in [3.05, 3.63) is 267 Å². The summed E-state index contributed by atoms with van der Waals surface area (Å²) in [5, 5.41) is 6.95. The van der Waals surface area contributed by atoms with E-state index in [2.05, 4.69) is 252 Å². The molecular formula is C64H44N4. The molecule has 0 aliphatic carbocycles. The number of para-hydroxylation sites is 2. The maximum atomic E-state index is 4.84. The molecular weight excluding hydrogens is 825 g/mol. The predicted octanol–water partition coefficient (Wildman–Crippen LogP) is 17.5. The summed E-state index contributed by atoms with van der Waals surface area (Å²) >= 11 is 0. The van der Waals surface area contributed by atoms with E-state index in [9.17, 15) is 0 Å². The van der Waals surface area contributed by atoms with Gasteiger partial charge in [0.1, 0.15) is 0 Å². The number of fused-ring (bicyclic) bond motifs is 5. The molecule has 0 amide bonds. The highest BCUT2D eigenvalue weighted by Gasteiger charge is 2.24. The Labute approximate surface area is 396 Å². The van der Waals surface area contributed by atoms with Crippen LogP contribution < -0.4 is 9.80 Å². The first kappa shape index (κ1) is 40.4. The van der Waals surface area contributed by atoms with E-state index in [4.69, 9.17) is 9.97 Å². The Morgan fingerprint density at radius 1 is 0.221 bits per heavy atom. The van der Waals surface area contributed by atoms with Crippen LogP contribution in [0.5, 0.6) is 0 Å². The summed E-state index contributed by atoms with van der Waals surface area (Å²) in [6, 6.07) is 91.3. The van der Waals surface area contributed by atoms with E-state index in [0.29, 0.717) is 0 Å². The van der Waals surface area contributed by atoms with Gasteiger partial charge in [-0.15, -0.1) is 0 Å².